The second kappa shape index (κ2) is 5.02. The summed E-state index contributed by atoms with van der Waals surface area (Å²) in [5.41, 5.74) is 7.86. The average Bonchev–Trinajstić information content (AvgIpc) is 3.11. The van der Waals surface area contributed by atoms with Crippen molar-refractivity contribution < 1.29 is 8.42 Å². The number of benzene rings is 1. The molecule has 1 aliphatic rings. The van der Waals surface area contributed by atoms with Crippen LogP contribution >= 0.6 is 0 Å². The zero-order valence-electron chi connectivity index (χ0n) is 11.4. The number of sulfonamides is 1. The molecular weight excluding hydrogens is 262 g/mol. The highest BCUT2D eigenvalue weighted by Gasteiger charge is 2.30. The van der Waals surface area contributed by atoms with Crippen molar-refractivity contribution in [3.63, 3.8) is 0 Å². The number of rotatable bonds is 5. The van der Waals surface area contributed by atoms with Crippen molar-refractivity contribution in [3.05, 3.63) is 17.7 Å². The van der Waals surface area contributed by atoms with Crippen LogP contribution in [0.4, 0.5) is 11.4 Å². The van der Waals surface area contributed by atoms with Gasteiger partial charge in [0.1, 0.15) is 0 Å². The molecule has 19 heavy (non-hydrogen) atoms. The third kappa shape index (κ3) is 3.01. The van der Waals surface area contributed by atoms with Crippen molar-refractivity contribution in [1.82, 2.24) is 0 Å². The molecule has 5 nitrogen and oxygen atoms in total. The second-order valence-electron chi connectivity index (χ2n) is 5.13. The third-order valence-electron chi connectivity index (χ3n) is 3.42. The molecule has 0 aliphatic heterocycles. The van der Waals surface area contributed by atoms with Gasteiger partial charge in [-0.05, 0) is 43.9 Å². The highest BCUT2D eigenvalue weighted by molar-refractivity contribution is 7.89. The molecule has 1 fully saturated rings. The summed E-state index contributed by atoms with van der Waals surface area (Å²) in [6.45, 7) is 4.80. The lowest BCUT2D eigenvalue weighted by Gasteiger charge is -2.27. The van der Waals surface area contributed by atoms with Crippen LogP contribution in [0.15, 0.2) is 17.0 Å². The first-order valence-electron chi connectivity index (χ1n) is 6.54. The van der Waals surface area contributed by atoms with Gasteiger partial charge in [-0.2, -0.15) is 0 Å². The van der Waals surface area contributed by atoms with E-state index in [9.17, 15) is 8.42 Å². The Morgan fingerprint density at radius 1 is 1.37 bits per heavy atom. The Balaban J connectivity index is 2.53. The average molecular weight is 283 g/mol. The SMILES string of the molecule is CCCN(c1cc(N)cc(S(N)(=O)=O)c1C)C1CC1. The molecule has 106 valence electrons. The number of primary sulfonamides is 1. The summed E-state index contributed by atoms with van der Waals surface area (Å²) in [6, 6.07) is 3.79. The van der Waals surface area contributed by atoms with Gasteiger partial charge in [0.05, 0.1) is 4.90 Å². The van der Waals surface area contributed by atoms with Crippen LogP contribution in [0.25, 0.3) is 0 Å². The fourth-order valence-corrected chi connectivity index (χ4v) is 3.25. The van der Waals surface area contributed by atoms with Crippen LogP contribution in [-0.2, 0) is 10.0 Å². The largest absolute Gasteiger partial charge is 0.399 e. The molecule has 1 aromatic carbocycles. The Morgan fingerprint density at radius 2 is 2.00 bits per heavy atom. The quantitative estimate of drug-likeness (QED) is 0.803. The van der Waals surface area contributed by atoms with Crippen LogP contribution in [0.3, 0.4) is 0 Å². The van der Waals surface area contributed by atoms with Crippen LogP contribution in [0, 0.1) is 6.92 Å². The van der Waals surface area contributed by atoms with E-state index in [0.717, 1.165) is 31.5 Å². The molecule has 1 saturated carbocycles. The topological polar surface area (TPSA) is 89.4 Å². The van der Waals surface area contributed by atoms with Crippen LogP contribution < -0.4 is 15.8 Å². The normalized spacial score (nSPS) is 15.5. The van der Waals surface area contributed by atoms with Gasteiger partial charge in [-0.25, -0.2) is 13.6 Å². The van der Waals surface area contributed by atoms with Gasteiger partial charge in [0.25, 0.3) is 0 Å². The Hall–Kier alpha value is -1.27. The minimum atomic E-state index is -3.74. The Labute approximate surface area is 114 Å². The molecule has 0 unspecified atom stereocenters. The van der Waals surface area contributed by atoms with Crippen molar-refractivity contribution in [2.45, 2.75) is 44.0 Å². The summed E-state index contributed by atoms with van der Waals surface area (Å²) in [5.74, 6) is 0. The first-order valence-corrected chi connectivity index (χ1v) is 8.08. The van der Waals surface area contributed by atoms with Crippen molar-refractivity contribution in [3.8, 4) is 0 Å². The van der Waals surface area contributed by atoms with E-state index in [1.807, 2.05) is 6.07 Å². The number of nitrogens with zero attached hydrogens (tertiary/aromatic N) is 1. The molecular formula is C13H21N3O2S. The van der Waals surface area contributed by atoms with E-state index in [2.05, 4.69) is 11.8 Å². The van der Waals surface area contributed by atoms with Crippen LogP contribution in [0.2, 0.25) is 0 Å². The minimum Gasteiger partial charge on any atom is -0.399 e. The minimum absolute atomic E-state index is 0.129. The van der Waals surface area contributed by atoms with Gasteiger partial charge >= 0.3 is 0 Å². The monoisotopic (exact) mass is 283 g/mol. The molecule has 4 N–H and O–H groups in total. The van der Waals surface area contributed by atoms with E-state index < -0.39 is 10.0 Å². The fraction of sp³-hybridized carbons (Fsp3) is 0.538. The molecule has 2 rings (SSSR count). The summed E-state index contributed by atoms with van der Waals surface area (Å²) in [6.07, 6.45) is 3.31. The highest BCUT2D eigenvalue weighted by atomic mass is 32.2. The van der Waals surface area contributed by atoms with Crippen molar-refractivity contribution in [1.29, 1.82) is 0 Å². The maximum absolute atomic E-state index is 11.6. The van der Waals surface area contributed by atoms with Gasteiger partial charge in [-0.3, -0.25) is 0 Å². The summed E-state index contributed by atoms with van der Waals surface area (Å²) < 4.78 is 23.3. The van der Waals surface area contributed by atoms with Gasteiger partial charge in [0, 0.05) is 24.0 Å². The predicted molar refractivity (Wildman–Crippen MR) is 77.6 cm³/mol. The lowest BCUT2D eigenvalue weighted by Crippen LogP contribution is -2.28. The van der Waals surface area contributed by atoms with Gasteiger partial charge in [0.15, 0.2) is 0 Å². The van der Waals surface area contributed by atoms with Gasteiger partial charge in [-0.1, -0.05) is 6.92 Å². The number of nitrogen functional groups attached to an aromatic ring is 1. The molecule has 0 heterocycles. The van der Waals surface area contributed by atoms with Crippen LogP contribution in [-0.4, -0.2) is 21.0 Å². The summed E-state index contributed by atoms with van der Waals surface area (Å²) in [4.78, 5) is 2.38. The predicted octanol–water partition coefficient (Wildman–Crippen LogP) is 1.60. The van der Waals surface area contributed by atoms with Crippen LogP contribution in [0.5, 0.6) is 0 Å². The van der Waals surface area contributed by atoms with Gasteiger partial charge in [0.2, 0.25) is 10.0 Å². The summed E-state index contributed by atoms with van der Waals surface area (Å²) >= 11 is 0. The molecule has 0 spiro atoms. The van der Waals surface area contributed by atoms with E-state index in [0.29, 0.717) is 17.3 Å². The van der Waals surface area contributed by atoms with Crippen molar-refractivity contribution in [2.75, 3.05) is 17.2 Å². The molecule has 0 bridgehead atoms. The first kappa shape index (κ1) is 14.1. The fourth-order valence-electron chi connectivity index (χ4n) is 2.41. The van der Waals surface area contributed by atoms with E-state index >= 15 is 0 Å². The molecule has 0 saturated heterocycles. The molecule has 1 aliphatic carbocycles. The number of nitrogens with two attached hydrogens (primary N) is 2. The maximum atomic E-state index is 11.6. The molecule has 0 amide bonds. The van der Waals surface area contributed by atoms with E-state index in [1.54, 1.807) is 6.92 Å². The molecule has 0 atom stereocenters. The Kier molecular flexibility index (Phi) is 3.73. The zero-order chi connectivity index (χ0) is 14.2. The molecule has 6 heteroatoms. The first-order chi connectivity index (χ1) is 8.84. The molecule has 0 aromatic heterocycles. The standard InChI is InChI=1S/C13H21N3O2S/c1-3-6-16(11-4-5-11)12-7-10(14)8-13(9(12)2)19(15,17)18/h7-8,11H,3-6,14H2,1-2H3,(H2,15,17,18). The van der Waals surface area contributed by atoms with Gasteiger partial charge in [-0.15, -0.1) is 0 Å². The Morgan fingerprint density at radius 3 is 2.47 bits per heavy atom. The highest BCUT2D eigenvalue weighted by Crippen LogP contribution is 2.36. The number of hydrogen-bond acceptors (Lipinski definition) is 4. The van der Waals surface area contributed by atoms with Crippen LogP contribution in [0.1, 0.15) is 31.7 Å². The zero-order valence-corrected chi connectivity index (χ0v) is 12.2. The molecule has 0 radical (unpaired) electrons. The van der Waals surface area contributed by atoms with Crippen molar-refractivity contribution >= 4 is 21.4 Å². The van der Waals surface area contributed by atoms with E-state index in [4.69, 9.17) is 10.9 Å². The smallest absolute Gasteiger partial charge is 0.238 e. The molecule has 1 aromatic rings. The second-order valence-corrected chi connectivity index (χ2v) is 6.66. The van der Waals surface area contributed by atoms with Gasteiger partial charge < -0.3 is 10.6 Å². The summed E-state index contributed by atoms with van der Waals surface area (Å²) in [5, 5.41) is 5.26. The number of anilines is 2. The number of hydrogen-bond donors (Lipinski definition) is 2. The third-order valence-corrected chi connectivity index (χ3v) is 4.46. The Bertz CT molecular complexity index is 580. The van der Waals surface area contributed by atoms with Crippen molar-refractivity contribution in [2.24, 2.45) is 5.14 Å². The van der Waals surface area contributed by atoms with E-state index in [-0.39, 0.29) is 4.90 Å². The lowest BCUT2D eigenvalue weighted by atomic mass is 10.1. The van der Waals surface area contributed by atoms with E-state index in [1.165, 1.54) is 6.07 Å². The lowest BCUT2D eigenvalue weighted by molar-refractivity contribution is 0.597. The summed E-state index contributed by atoms with van der Waals surface area (Å²) in [7, 11) is -3.74. The maximum Gasteiger partial charge on any atom is 0.238 e.